The number of carbonyl (C=O) groups excluding carboxylic acids is 2. The van der Waals surface area contributed by atoms with Crippen LogP contribution in [0, 0.1) is 0 Å². The number of carbonyl (C=O) groups is 2. The summed E-state index contributed by atoms with van der Waals surface area (Å²) in [6.07, 6.45) is 0.102. The second kappa shape index (κ2) is 7.95. The zero-order valence-electron chi connectivity index (χ0n) is 6.10. The van der Waals surface area contributed by atoms with Crippen molar-refractivity contribution in [1.82, 2.24) is 0 Å². The van der Waals surface area contributed by atoms with Gasteiger partial charge in [0.1, 0.15) is 0 Å². The molecule has 8 heteroatoms. The van der Waals surface area contributed by atoms with Gasteiger partial charge in [-0.05, 0) is 0 Å². The summed E-state index contributed by atoms with van der Waals surface area (Å²) in [5.74, 6) is -0.993. The van der Waals surface area contributed by atoms with Crippen LogP contribution in [0.3, 0.4) is 0 Å². The van der Waals surface area contributed by atoms with Gasteiger partial charge < -0.3 is 11.5 Å². The molecule has 12 heavy (non-hydrogen) atoms. The maximum atomic E-state index is 9.92. The fraction of sp³-hybridized carbons (Fsp3) is 0.500. The highest BCUT2D eigenvalue weighted by Crippen LogP contribution is 1.82. The summed E-state index contributed by atoms with van der Waals surface area (Å²) < 4.78 is 24.2. The zero-order chi connectivity index (χ0) is 10.1. The van der Waals surface area contributed by atoms with Gasteiger partial charge in [-0.15, -0.1) is 0 Å². The second-order valence-electron chi connectivity index (χ2n) is 1.67. The standard InChI is InChI=1S/C4H8N2O2.H2O3S/c5-3(7)1-2-4(6)8;1-4(2)3/h1-2H2,(H2,5,7)(H2,6,8);4H,(H,1,2,3). The molecule has 0 aliphatic carbocycles. The molecule has 0 fully saturated rings. The third kappa shape index (κ3) is 36.8. The van der Waals surface area contributed by atoms with Crippen LogP contribution >= 0.6 is 0 Å². The minimum atomic E-state index is -3.12. The molecule has 0 aromatic heterocycles. The van der Waals surface area contributed by atoms with E-state index in [0.29, 0.717) is 0 Å². The molecule has 7 nitrogen and oxygen atoms in total. The zero-order valence-corrected chi connectivity index (χ0v) is 6.99. The van der Waals surface area contributed by atoms with Crippen LogP contribution in [0.2, 0.25) is 0 Å². The Morgan fingerprint density at radius 1 is 1.08 bits per heavy atom. The average molecular weight is 198 g/mol. The van der Waals surface area contributed by atoms with Gasteiger partial charge >= 0.3 is 0 Å². The van der Waals surface area contributed by atoms with Gasteiger partial charge in [0, 0.05) is 12.8 Å². The third-order valence-corrected chi connectivity index (χ3v) is 0.618. The maximum absolute atomic E-state index is 9.92. The largest absolute Gasteiger partial charge is 0.370 e. The highest BCUT2D eigenvalue weighted by Gasteiger charge is 1.96. The molecular formula is C4H10N2O5S. The lowest BCUT2D eigenvalue weighted by Crippen LogP contribution is -2.16. The fourth-order valence-corrected chi connectivity index (χ4v) is 0.246. The van der Waals surface area contributed by atoms with E-state index in [1.807, 2.05) is 0 Å². The summed E-state index contributed by atoms with van der Waals surface area (Å²) in [6, 6.07) is 0. The predicted octanol–water partition coefficient (Wildman–Crippen LogP) is -2.19. The van der Waals surface area contributed by atoms with Crippen molar-refractivity contribution in [2.75, 3.05) is 0 Å². The van der Waals surface area contributed by atoms with Crippen LogP contribution < -0.4 is 11.5 Å². The van der Waals surface area contributed by atoms with E-state index in [1.165, 1.54) is 0 Å². The molecule has 0 heterocycles. The van der Waals surface area contributed by atoms with Crippen LogP contribution in [0.4, 0.5) is 0 Å². The van der Waals surface area contributed by atoms with Crippen molar-refractivity contribution < 1.29 is 22.6 Å². The van der Waals surface area contributed by atoms with E-state index < -0.39 is 22.8 Å². The Morgan fingerprint density at radius 3 is 1.33 bits per heavy atom. The molecule has 0 saturated heterocycles. The molecule has 72 valence electrons. The minimum Gasteiger partial charge on any atom is -0.370 e. The van der Waals surface area contributed by atoms with Crippen molar-refractivity contribution in [3.05, 3.63) is 0 Å². The van der Waals surface area contributed by atoms with E-state index in [0.717, 1.165) is 0 Å². The molecule has 0 aliphatic heterocycles. The smallest absolute Gasteiger partial charge is 0.254 e. The predicted molar refractivity (Wildman–Crippen MR) is 40.6 cm³/mol. The number of hydrogen-bond acceptors (Lipinski definition) is 4. The van der Waals surface area contributed by atoms with Crippen LogP contribution in [-0.4, -0.2) is 24.8 Å². The molecule has 0 rings (SSSR count). The Morgan fingerprint density at radius 2 is 1.25 bits per heavy atom. The van der Waals surface area contributed by atoms with Gasteiger partial charge in [0.05, 0.1) is 0 Å². The molecule has 0 unspecified atom stereocenters. The van der Waals surface area contributed by atoms with Crippen molar-refractivity contribution in [2.24, 2.45) is 11.5 Å². The molecular weight excluding hydrogens is 188 g/mol. The summed E-state index contributed by atoms with van der Waals surface area (Å²) in [5, 5.41) is 0. The molecule has 0 aliphatic rings. The average Bonchev–Trinajstić information content (AvgIpc) is 1.82. The Labute approximate surface area is 70.5 Å². The molecule has 0 bridgehead atoms. The van der Waals surface area contributed by atoms with E-state index >= 15 is 0 Å². The highest BCUT2D eigenvalue weighted by atomic mass is 32.2. The van der Waals surface area contributed by atoms with Crippen LogP contribution in [0.15, 0.2) is 0 Å². The lowest BCUT2D eigenvalue weighted by Gasteiger charge is -1.87. The van der Waals surface area contributed by atoms with Gasteiger partial charge in [-0.3, -0.25) is 14.1 Å². The van der Waals surface area contributed by atoms with E-state index in [-0.39, 0.29) is 12.8 Å². The molecule has 0 aromatic carbocycles. The number of amides is 2. The topological polar surface area (TPSA) is 141 Å². The second-order valence-corrected chi connectivity index (χ2v) is 2.15. The Kier molecular flexibility index (Phi) is 8.91. The van der Waals surface area contributed by atoms with Gasteiger partial charge in [0.2, 0.25) is 11.8 Å². The first-order valence-electron chi connectivity index (χ1n) is 2.76. The van der Waals surface area contributed by atoms with Crippen LogP contribution in [0.5, 0.6) is 0 Å². The number of primary amides is 2. The molecule has 2 amide bonds. The first-order chi connectivity index (χ1) is 5.36. The fourth-order valence-electron chi connectivity index (χ4n) is 0.246. The number of nitrogens with two attached hydrogens (primary N) is 2. The molecule has 0 aromatic rings. The Bertz CT molecular complexity index is 201. The molecule has 0 radical (unpaired) electrons. The summed E-state index contributed by atoms with van der Waals surface area (Å²) in [7, 11) is -3.12. The van der Waals surface area contributed by atoms with Gasteiger partial charge in [0.25, 0.3) is 11.0 Å². The molecule has 5 N–H and O–H groups in total. The third-order valence-electron chi connectivity index (χ3n) is 0.618. The van der Waals surface area contributed by atoms with Crippen LogP contribution in [0.25, 0.3) is 0 Å². The normalized spacial score (nSPS) is 8.50. The van der Waals surface area contributed by atoms with Gasteiger partial charge in [-0.25, -0.2) is 8.42 Å². The number of rotatable bonds is 3. The maximum Gasteiger partial charge on any atom is 0.254 e. The van der Waals surface area contributed by atoms with Crippen LogP contribution in [0.1, 0.15) is 12.8 Å². The lowest BCUT2D eigenvalue weighted by molar-refractivity contribution is -0.123. The molecule has 0 spiro atoms. The minimum absolute atomic E-state index is 0.0509. The van der Waals surface area contributed by atoms with E-state index in [2.05, 4.69) is 0 Å². The SMILES string of the molecule is NC(=O)CCC(N)=O.O=[SH](=O)O. The van der Waals surface area contributed by atoms with E-state index in [1.54, 1.807) is 0 Å². The molecule has 0 atom stereocenters. The summed E-state index contributed by atoms with van der Waals surface area (Å²) in [6.45, 7) is 0. The van der Waals surface area contributed by atoms with Crippen molar-refractivity contribution in [2.45, 2.75) is 12.8 Å². The number of thiol groups is 1. The van der Waals surface area contributed by atoms with Crippen molar-refractivity contribution in [1.29, 1.82) is 0 Å². The van der Waals surface area contributed by atoms with E-state index in [4.69, 9.17) is 24.4 Å². The Balaban J connectivity index is 0. The lowest BCUT2D eigenvalue weighted by atomic mass is 10.3. The number of hydrogen-bond donors (Lipinski definition) is 4. The van der Waals surface area contributed by atoms with Crippen molar-refractivity contribution >= 4 is 22.8 Å². The molecule has 0 saturated carbocycles. The summed E-state index contributed by atoms with van der Waals surface area (Å²) in [4.78, 5) is 19.8. The van der Waals surface area contributed by atoms with Crippen molar-refractivity contribution in [3.8, 4) is 0 Å². The van der Waals surface area contributed by atoms with Gasteiger partial charge in [0.15, 0.2) is 0 Å². The highest BCUT2D eigenvalue weighted by molar-refractivity contribution is 7.66. The van der Waals surface area contributed by atoms with E-state index in [9.17, 15) is 9.59 Å². The summed E-state index contributed by atoms with van der Waals surface area (Å²) >= 11 is 0. The van der Waals surface area contributed by atoms with Crippen LogP contribution in [-0.2, 0) is 20.6 Å². The van der Waals surface area contributed by atoms with Gasteiger partial charge in [-0.2, -0.15) is 0 Å². The first kappa shape index (κ1) is 13.4. The summed E-state index contributed by atoms with van der Waals surface area (Å²) in [5.41, 5.74) is 9.39. The quantitative estimate of drug-likeness (QED) is 0.301. The van der Waals surface area contributed by atoms with Crippen molar-refractivity contribution in [3.63, 3.8) is 0 Å². The Hall–Kier alpha value is -1.15. The first-order valence-corrected chi connectivity index (χ1v) is 3.89. The monoisotopic (exact) mass is 198 g/mol. The van der Waals surface area contributed by atoms with Gasteiger partial charge in [-0.1, -0.05) is 0 Å².